The summed E-state index contributed by atoms with van der Waals surface area (Å²) < 4.78 is 7.34. The predicted octanol–water partition coefficient (Wildman–Crippen LogP) is 1.19. The molecule has 1 unspecified atom stereocenters. The fourth-order valence-electron chi connectivity index (χ4n) is 2.15. The molecule has 1 aromatic heterocycles. The van der Waals surface area contributed by atoms with Gasteiger partial charge in [0.1, 0.15) is 0 Å². The van der Waals surface area contributed by atoms with Gasteiger partial charge < -0.3 is 9.30 Å². The monoisotopic (exact) mass is 222 g/mol. The van der Waals surface area contributed by atoms with Gasteiger partial charge in [0, 0.05) is 31.9 Å². The summed E-state index contributed by atoms with van der Waals surface area (Å²) in [6.07, 6.45) is 2.88. The van der Waals surface area contributed by atoms with Gasteiger partial charge in [0.25, 0.3) is 0 Å². The number of hydrogen-bond acceptors (Lipinski definition) is 3. The topological polar surface area (TPSA) is 34.5 Å². The number of rotatable bonds is 4. The first kappa shape index (κ1) is 11.4. The van der Waals surface area contributed by atoms with Gasteiger partial charge in [0.2, 0.25) is 0 Å². The molecule has 88 valence electrons. The van der Waals surface area contributed by atoms with Crippen molar-refractivity contribution in [3.8, 4) is 0 Å². The fraction of sp³-hybridized carbons (Fsp3) is 0.583. The van der Waals surface area contributed by atoms with Gasteiger partial charge in [-0.15, -0.1) is 0 Å². The van der Waals surface area contributed by atoms with E-state index in [0.29, 0.717) is 6.04 Å². The second kappa shape index (κ2) is 5.27. The van der Waals surface area contributed by atoms with Crippen molar-refractivity contribution in [2.75, 3.05) is 32.8 Å². The highest BCUT2D eigenvalue weighted by Crippen LogP contribution is 2.12. The van der Waals surface area contributed by atoms with E-state index in [4.69, 9.17) is 4.74 Å². The Labute approximate surface area is 95.8 Å². The second-order valence-electron chi connectivity index (χ2n) is 4.22. The van der Waals surface area contributed by atoms with Crippen molar-refractivity contribution in [2.45, 2.75) is 13.0 Å². The zero-order chi connectivity index (χ0) is 11.4. The molecule has 0 aromatic carbocycles. The highest BCUT2D eigenvalue weighted by atomic mass is 16.5. The lowest BCUT2D eigenvalue weighted by Gasteiger charge is -2.30. The van der Waals surface area contributed by atoms with Crippen LogP contribution < -0.4 is 0 Å². The normalized spacial score (nSPS) is 19.6. The molecule has 0 radical (unpaired) electrons. The Bertz CT molecular complexity index is 343. The molecule has 4 heteroatoms. The lowest BCUT2D eigenvalue weighted by molar-refractivity contribution is 0.0325. The zero-order valence-corrected chi connectivity index (χ0v) is 9.63. The molecule has 2 heterocycles. The van der Waals surface area contributed by atoms with E-state index in [1.807, 2.05) is 22.9 Å². The van der Waals surface area contributed by atoms with Crippen LogP contribution in [-0.4, -0.2) is 48.6 Å². The minimum absolute atomic E-state index is 0.327. The van der Waals surface area contributed by atoms with E-state index in [1.54, 1.807) is 0 Å². The van der Waals surface area contributed by atoms with E-state index in [0.717, 1.165) is 44.8 Å². The summed E-state index contributed by atoms with van der Waals surface area (Å²) in [6.45, 7) is 6.73. The predicted molar refractivity (Wildman–Crippen MR) is 61.8 cm³/mol. The third kappa shape index (κ3) is 2.51. The first-order valence-electron chi connectivity index (χ1n) is 5.73. The Balaban J connectivity index is 1.96. The molecule has 1 saturated heterocycles. The number of ether oxygens (including phenoxy) is 1. The third-order valence-electron chi connectivity index (χ3n) is 3.03. The maximum absolute atomic E-state index is 10.8. The largest absolute Gasteiger partial charge is 0.379 e. The average molecular weight is 222 g/mol. The number of aromatic nitrogens is 1. The quantitative estimate of drug-likeness (QED) is 0.718. The number of nitrogens with zero attached hydrogens (tertiary/aromatic N) is 2. The van der Waals surface area contributed by atoms with Crippen LogP contribution in [0.25, 0.3) is 0 Å². The summed E-state index contributed by atoms with van der Waals surface area (Å²) >= 11 is 0. The Morgan fingerprint density at radius 1 is 1.50 bits per heavy atom. The van der Waals surface area contributed by atoms with Crippen LogP contribution >= 0.6 is 0 Å². The van der Waals surface area contributed by atoms with Crippen molar-refractivity contribution in [3.05, 3.63) is 24.0 Å². The van der Waals surface area contributed by atoms with Gasteiger partial charge in [-0.25, -0.2) is 0 Å². The number of carbonyl (C=O) groups is 1. The molecule has 4 nitrogen and oxygen atoms in total. The van der Waals surface area contributed by atoms with Gasteiger partial charge in [0.05, 0.1) is 18.9 Å². The third-order valence-corrected chi connectivity index (χ3v) is 3.03. The molecule has 0 saturated carbocycles. The van der Waals surface area contributed by atoms with E-state index in [1.165, 1.54) is 0 Å². The van der Waals surface area contributed by atoms with E-state index in [2.05, 4.69) is 11.8 Å². The summed E-state index contributed by atoms with van der Waals surface area (Å²) in [5.41, 5.74) is 0.751. The van der Waals surface area contributed by atoms with Crippen molar-refractivity contribution in [2.24, 2.45) is 0 Å². The average Bonchev–Trinajstić information content (AvgIpc) is 2.78. The van der Waals surface area contributed by atoms with Gasteiger partial charge in [-0.2, -0.15) is 0 Å². The molecule has 1 fully saturated rings. The van der Waals surface area contributed by atoms with Crippen molar-refractivity contribution in [1.82, 2.24) is 9.47 Å². The molecule has 0 amide bonds. The Morgan fingerprint density at radius 3 is 2.94 bits per heavy atom. The highest BCUT2D eigenvalue weighted by Gasteiger charge is 2.15. The second-order valence-corrected chi connectivity index (χ2v) is 4.22. The summed E-state index contributed by atoms with van der Waals surface area (Å²) in [5.74, 6) is 0. The molecule has 0 bridgehead atoms. The van der Waals surface area contributed by atoms with E-state index < -0.39 is 0 Å². The standard InChI is InChI=1S/C12H18N2O2/c1-11(9-13-5-7-16-8-6-13)14-4-2-3-12(14)10-15/h2-4,10-11H,5-9H2,1H3. The maximum atomic E-state index is 10.8. The van der Waals surface area contributed by atoms with Crippen LogP contribution in [0.4, 0.5) is 0 Å². The lowest BCUT2D eigenvalue weighted by Crippen LogP contribution is -2.39. The molecule has 2 rings (SSSR count). The van der Waals surface area contributed by atoms with E-state index in [9.17, 15) is 4.79 Å². The summed E-state index contributed by atoms with van der Waals surface area (Å²) in [5, 5.41) is 0. The van der Waals surface area contributed by atoms with Crippen LogP contribution in [0, 0.1) is 0 Å². The smallest absolute Gasteiger partial charge is 0.166 e. The number of hydrogen-bond donors (Lipinski definition) is 0. The molecule has 1 aliphatic heterocycles. The van der Waals surface area contributed by atoms with E-state index >= 15 is 0 Å². The summed E-state index contributed by atoms with van der Waals surface area (Å²) in [6, 6.07) is 4.09. The van der Waals surface area contributed by atoms with Crippen LogP contribution in [0.15, 0.2) is 18.3 Å². The zero-order valence-electron chi connectivity index (χ0n) is 9.63. The SMILES string of the molecule is CC(CN1CCOCC1)n1cccc1C=O. The van der Waals surface area contributed by atoms with Gasteiger partial charge >= 0.3 is 0 Å². The summed E-state index contributed by atoms with van der Waals surface area (Å²) in [4.78, 5) is 13.2. The Kier molecular flexibility index (Phi) is 3.74. The van der Waals surface area contributed by atoms with Gasteiger partial charge in [-0.05, 0) is 19.1 Å². The minimum Gasteiger partial charge on any atom is -0.379 e. The Hall–Kier alpha value is -1.13. The van der Waals surface area contributed by atoms with Crippen LogP contribution in [-0.2, 0) is 4.74 Å². The van der Waals surface area contributed by atoms with Gasteiger partial charge in [-0.1, -0.05) is 0 Å². The van der Waals surface area contributed by atoms with E-state index in [-0.39, 0.29) is 0 Å². The molecule has 0 N–H and O–H groups in total. The van der Waals surface area contributed by atoms with Crippen LogP contribution in [0.5, 0.6) is 0 Å². The minimum atomic E-state index is 0.327. The maximum Gasteiger partial charge on any atom is 0.166 e. The molecule has 0 aliphatic carbocycles. The number of carbonyl (C=O) groups excluding carboxylic acids is 1. The fourth-order valence-corrected chi connectivity index (χ4v) is 2.15. The summed E-state index contributed by atoms with van der Waals surface area (Å²) in [7, 11) is 0. The van der Waals surface area contributed by atoms with Crippen LogP contribution in [0.2, 0.25) is 0 Å². The number of aldehydes is 1. The van der Waals surface area contributed by atoms with Gasteiger partial charge in [-0.3, -0.25) is 9.69 Å². The van der Waals surface area contributed by atoms with Crippen LogP contribution in [0.3, 0.4) is 0 Å². The molecule has 1 atom stereocenters. The molecular formula is C12H18N2O2. The van der Waals surface area contributed by atoms with Gasteiger partial charge in [0.15, 0.2) is 6.29 Å². The first-order chi connectivity index (χ1) is 7.81. The van der Waals surface area contributed by atoms with Crippen LogP contribution in [0.1, 0.15) is 23.5 Å². The molecule has 16 heavy (non-hydrogen) atoms. The lowest BCUT2D eigenvalue weighted by atomic mass is 10.2. The highest BCUT2D eigenvalue weighted by molar-refractivity contribution is 5.72. The molecule has 1 aliphatic rings. The van der Waals surface area contributed by atoms with Crippen molar-refractivity contribution in [3.63, 3.8) is 0 Å². The number of morpholine rings is 1. The molecule has 0 spiro atoms. The Morgan fingerprint density at radius 2 is 2.25 bits per heavy atom. The van der Waals surface area contributed by atoms with Crippen molar-refractivity contribution < 1.29 is 9.53 Å². The van der Waals surface area contributed by atoms with Crippen molar-refractivity contribution >= 4 is 6.29 Å². The molecular weight excluding hydrogens is 204 g/mol. The van der Waals surface area contributed by atoms with Crippen molar-refractivity contribution in [1.29, 1.82) is 0 Å². The molecule has 1 aromatic rings. The first-order valence-corrected chi connectivity index (χ1v) is 5.73.